The molecular weight excluding hydrogens is 194 g/mol. The molecule has 0 aliphatic rings. The predicted octanol–water partition coefficient (Wildman–Crippen LogP) is 2.23. The zero-order valence-electron chi connectivity index (χ0n) is 8.53. The molecule has 2 aromatic rings. The number of nitrogen functional groups attached to an aromatic ring is 1. The highest BCUT2D eigenvalue weighted by molar-refractivity contribution is 6.05. The molecule has 0 fully saturated rings. The maximum atomic E-state index is 11.2. The topological polar surface area (TPSA) is 65.5 Å². The predicted molar refractivity (Wildman–Crippen MR) is 57.2 cm³/mol. The minimum atomic E-state index is -0.178. The smallest absolute Gasteiger partial charge is 0.197 e. The molecule has 2 N–H and O–H groups in total. The van der Waals surface area contributed by atoms with E-state index in [2.05, 4.69) is 0 Å². The van der Waals surface area contributed by atoms with Crippen molar-refractivity contribution in [1.82, 2.24) is 0 Å². The number of carbonyl (C=O) groups is 1. The summed E-state index contributed by atoms with van der Waals surface area (Å²) in [4.78, 5) is 11.2. The van der Waals surface area contributed by atoms with Crippen LogP contribution in [0.25, 0.3) is 11.0 Å². The number of anilines is 1. The molecule has 0 radical (unpaired) electrons. The van der Waals surface area contributed by atoms with Crippen LogP contribution in [0.2, 0.25) is 0 Å². The summed E-state index contributed by atoms with van der Waals surface area (Å²) in [6.07, 6.45) is 0. The monoisotopic (exact) mass is 205 g/mol. The van der Waals surface area contributed by atoms with Gasteiger partial charge in [0.05, 0.1) is 12.8 Å². The number of methoxy groups -OCH3 is 1. The van der Waals surface area contributed by atoms with Crippen molar-refractivity contribution in [3.63, 3.8) is 0 Å². The van der Waals surface area contributed by atoms with E-state index in [1.807, 2.05) is 0 Å². The molecular formula is C11H11NO3. The van der Waals surface area contributed by atoms with Crippen molar-refractivity contribution >= 4 is 22.4 Å². The van der Waals surface area contributed by atoms with Crippen molar-refractivity contribution < 1.29 is 13.9 Å². The second-order valence-electron chi connectivity index (χ2n) is 3.26. The molecule has 0 bridgehead atoms. The minimum absolute atomic E-state index is 0.178. The number of benzene rings is 1. The van der Waals surface area contributed by atoms with E-state index < -0.39 is 0 Å². The van der Waals surface area contributed by atoms with Gasteiger partial charge in [0, 0.05) is 18.4 Å². The van der Waals surface area contributed by atoms with Crippen LogP contribution in [0.4, 0.5) is 5.69 Å². The Morgan fingerprint density at radius 2 is 2.20 bits per heavy atom. The highest BCUT2D eigenvalue weighted by Gasteiger charge is 2.15. The first kappa shape index (κ1) is 9.58. The lowest BCUT2D eigenvalue weighted by atomic mass is 10.2. The van der Waals surface area contributed by atoms with Crippen LogP contribution in [0, 0.1) is 0 Å². The Kier molecular flexibility index (Phi) is 2.11. The van der Waals surface area contributed by atoms with Crippen LogP contribution in [-0.2, 0) is 0 Å². The van der Waals surface area contributed by atoms with Crippen LogP contribution in [0.3, 0.4) is 0 Å². The molecule has 0 saturated carbocycles. The van der Waals surface area contributed by atoms with Crippen LogP contribution in [0.1, 0.15) is 17.5 Å². The number of rotatable bonds is 2. The second kappa shape index (κ2) is 3.31. The average molecular weight is 205 g/mol. The maximum Gasteiger partial charge on any atom is 0.197 e. The molecule has 1 aromatic heterocycles. The van der Waals surface area contributed by atoms with Gasteiger partial charge < -0.3 is 14.9 Å². The van der Waals surface area contributed by atoms with Gasteiger partial charge in [0.2, 0.25) is 0 Å². The molecule has 0 amide bonds. The van der Waals surface area contributed by atoms with E-state index in [4.69, 9.17) is 14.9 Å². The first-order valence-electron chi connectivity index (χ1n) is 4.50. The summed E-state index contributed by atoms with van der Waals surface area (Å²) in [7, 11) is 1.57. The summed E-state index contributed by atoms with van der Waals surface area (Å²) in [6, 6.07) is 5.26. The number of furan rings is 1. The van der Waals surface area contributed by atoms with E-state index in [1.165, 1.54) is 6.92 Å². The van der Waals surface area contributed by atoms with E-state index in [0.29, 0.717) is 17.0 Å². The third-order valence-corrected chi connectivity index (χ3v) is 2.26. The number of nitrogens with two attached hydrogens (primary N) is 1. The molecule has 0 spiro atoms. The standard InChI is InChI=1S/C11H11NO3/c1-6(13)11-10(12)8-4-3-7(14-2)5-9(8)15-11/h3-5H,12H2,1-2H3. The van der Waals surface area contributed by atoms with Crippen LogP contribution < -0.4 is 10.5 Å². The molecule has 4 nitrogen and oxygen atoms in total. The summed E-state index contributed by atoms with van der Waals surface area (Å²) in [5, 5.41) is 0.737. The number of ketones is 1. The van der Waals surface area contributed by atoms with Crippen LogP contribution in [0.5, 0.6) is 5.75 Å². The van der Waals surface area contributed by atoms with Gasteiger partial charge in [0.15, 0.2) is 11.5 Å². The molecule has 0 unspecified atom stereocenters. The van der Waals surface area contributed by atoms with Crippen molar-refractivity contribution in [2.24, 2.45) is 0 Å². The molecule has 1 aromatic carbocycles. The van der Waals surface area contributed by atoms with E-state index in [9.17, 15) is 4.79 Å². The lowest BCUT2D eigenvalue weighted by Gasteiger charge is -1.97. The van der Waals surface area contributed by atoms with Crippen LogP contribution in [0.15, 0.2) is 22.6 Å². The summed E-state index contributed by atoms with van der Waals surface area (Å²) < 4.78 is 10.4. The fourth-order valence-electron chi connectivity index (χ4n) is 1.49. The summed E-state index contributed by atoms with van der Waals surface area (Å²) in [5.41, 5.74) is 6.73. The first-order valence-corrected chi connectivity index (χ1v) is 4.50. The third kappa shape index (κ3) is 1.44. The van der Waals surface area contributed by atoms with E-state index in [1.54, 1.807) is 25.3 Å². The number of Topliss-reactive ketones (excluding diaryl/α,β-unsaturated/α-hetero) is 1. The van der Waals surface area contributed by atoms with Gasteiger partial charge in [-0.2, -0.15) is 0 Å². The highest BCUT2D eigenvalue weighted by Crippen LogP contribution is 2.31. The molecule has 78 valence electrons. The lowest BCUT2D eigenvalue weighted by Crippen LogP contribution is -1.94. The highest BCUT2D eigenvalue weighted by atomic mass is 16.5. The van der Waals surface area contributed by atoms with Crippen LogP contribution >= 0.6 is 0 Å². The Hall–Kier alpha value is -1.97. The van der Waals surface area contributed by atoms with Crippen molar-refractivity contribution in [3.8, 4) is 5.75 Å². The number of ether oxygens (including phenoxy) is 1. The maximum absolute atomic E-state index is 11.2. The molecule has 0 atom stereocenters. The average Bonchev–Trinajstić information content (AvgIpc) is 2.55. The molecule has 2 rings (SSSR count). The Morgan fingerprint density at radius 3 is 2.80 bits per heavy atom. The van der Waals surface area contributed by atoms with Crippen molar-refractivity contribution in [2.75, 3.05) is 12.8 Å². The van der Waals surface area contributed by atoms with Crippen molar-refractivity contribution in [3.05, 3.63) is 24.0 Å². The first-order chi connectivity index (χ1) is 7.13. The minimum Gasteiger partial charge on any atom is -0.497 e. The van der Waals surface area contributed by atoms with Crippen LogP contribution in [-0.4, -0.2) is 12.9 Å². The number of hydrogen-bond acceptors (Lipinski definition) is 4. The van der Waals surface area contributed by atoms with Crippen molar-refractivity contribution in [1.29, 1.82) is 0 Å². The SMILES string of the molecule is COc1ccc2c(N)c(C(C)=O)oc2c1. The van der Waals surface area contributed by atoms with Gasteiger partial charge in [-0.3, -0.25) is 4.79 Å². The Bertz CT molecular complexity index is 528. The van der Waals surface area contributed by atoms with E-state index in [0.717, 1.165) is 5.39 Å². The molecule has 15 heavy (non-hydrogen) atoms. The zero-order valence-corrected chi connectivity index (χ0v) is 8.53. The molecule has 0 aliphatic carbocycles. The quantitative estimate of drug-likeness (QED) is 0.763. The van der Waals surface area contributed by atoms with Gasteiger partial charge in [-0.05, 0) is 12.1 Å². The molecule has 4 heteroatoms. The Labute approximate surface area is 86.6 Å². The number of carbonyl (C=O) groups excluding carboxylic acids is 1. The molecule has 0 aliphatic heterocycles. The summed E-state index contributed by atoms with van der Waals surface area (Å²) in [5.74, 6) is 0.701. The van der Waals surface area contributed by atoms with E-state index in [-0.39, 0.29) is 11.5 Å². The fraction of sp³-hybridized carbons (Fsp3) is 0.182. The zero-order chi connectivity index (χ0) is 11.0. The number of hydrogen-bond donors (Lipinski definition) is 1. The normalized spacial score (nSPS) is 10.5. The largest absolute Gasteiger partial charge is 0.497 e. The molecule has 0 saturated heterocycles. The van der Waals surface area contributed by atoms with Gasteiger partial charge >= 0.3 is 0 Å². The number of fused-ring (bicyclic) bond motifs is 1. The Morgan fingerprint density at radius 1 is 1.47 bits per heavy atom. The van der Waals surface area contributed by atoms with Gasteiger partial charge in [0.1, 0.15) is 11.3 Å². The fourth-order valence-corrected chi connectivity index (χ4v) is 1.49. The third-order valence-electron chi connectivity index (χ3n) is 2.26. The lowest BCUT2D eigenvalue weighted by molar-refractivity contribution is 0.0990. The second-order valence-corrected chi connectivity index (χ2v) is 3.26. The summed E-state index contributed by atoms with van der Waals surface area (Å²) in [6.45, 7) is 1.42. The van der Waals surface area contributed by atoms with Gasteiger partial charge in [-0.1, -0.05) is 0 Å². The van der Waals surface area contributed by atoms with Gasteiger partial charge in [-0.25, -0.2) is 0 Å². The molecule has 1 heterocycles. The van der Waals surface area contributed by atoms with Crippen molar-refractivity contribution in [2.45, 2.75) is 6.92 Å². The Balaban J connectivity index is 2.70. The summed E-state index contributed by atoms with van der Waals surface area (Å²) >= 11 is 0. The van der Waals surface area contributed by atoms with Gasteiger partial charge in [-0.15, -0.1) is 0 Å². The van der Waals surface area contributed by atoms with E-state index >= 15 is 0 Å². The van der Waals surface area contributed by atoms with Gasteiger partial charge in [0.25, 0.3) is 0 Å².